The smallest absolute Gasteiger partial charge is 0.289 e. The van der Waals surface area contributed by atoms with E-state index in [2.05, 4.69) is 9.80 Å². The van der Waals surface area contributed by atoms with Gasteiger partial charge in [-0.25, -0.2) is 16.8 Å². The quantitative estimate of drug-likeness (QED) is 0.176. The third-order valence-electron chi connectivity index (χ3n) is 8.62. The van der Waals surface area contributed by atoms with Crippen molar-refractivity contribution in [3.63, 3.8) is 0 Å². The molecule has 0 unspecified atom stereocenters. The molecular weight excluding hydrogens is 636 g/mol. The van der Waals surface area contributed by atoms with E-state index in [-0.39, 0.29) is 26.2 Å². The molecule has 254 valence electrons. The molecule has 0 radical (unpaired) electrons. The van der Waals surface area contributed by atoms with E-state index in [0.717, 1.165) is 85.4 Å². The highest BCUT2D eigenvalue weighted by Gasteiger charge is 2.35. The summed E-state index contributed by atoms with van der Waals surface area (Å²) in [5, 5.41) is 23.5. The fourth-order valence-corrected chi connectivity index (χ4v) is 9.42. The molecule has 4 rings (SSSR count). The topological polar surface area (TPSA) is 168 Å². The number of nitrogens with zero attached hydrogens (tertiary/aromatic N) is 6. The molecule has 2 aromatic rings. The van der Waals surface area contributed by atoms with Crippen molar-refractivity contribution in [3.8, 4) is 0 Å². The van der Waals surface area contributed by atoms with E-state index in [4.69, 9.17) is 0 Å². The van der Waals surface area contributed by atoms with Crippen molar-refractivity contribution in [3.05, 3.63) is 68.8 Å². The van der Waals surface area contributed by atoms with Crippen molar-refractivity contribution in [2.75, 3.05) is 65.4 Å². The normalized spacial score (nSPS) is 17.0. The zero-order valence-electron chi connectivity index (χ0n) is 26.1. The van der Waals surface area contributed by atoms with E-state index >= 15 is 0 Å². The van der Waals surface area contributed by atoms with Crippen LogP contribution in [-0.2, 0) is 20.0 Å². The summed E-state index contributed by atoms with van der Waals surface area (Å²) in [7, 11) is -8.82. The Labute approximate surface area is 271 Å². The van der Waals surface area contributed by atoms with Crippen LogP contribution in [0, 0.1) is 20.2 Å². The minimum Gasteiger partial charge on any atom is -0.303 e. The van der Waals surface area contributed by atoms with E-state index in [0.29, 0.717) is 25.9 Å². The number of hydrogen-bond donors (Lipinski definition) is 0. The Balaban J connectivity index is 1.61. The summed E-state index contributed by atoms with van der Waals surface area (Å²) in [6.45, 7) is 4.41. The molecule has 0 bridgehead atoms. The van der Waals surface area contributed by atoms with E-state index in [1.165, 1.54) is 36.4 Å². The summed E-state index contributed by atoms with van der Waals surface area (Å²) in [6, 6.07) is 10.2. The number of likely N-dealkylation sites (tertiary alicyclic amines) is 2. The first-order valence-electron chi connectivity index (χ1n) is 15.9. The van der Waals surface area contributed by atoms with Gasteiger partial charge in [0.2, 0.25) is 20.0 Å². The Bertz CT molecular complexity index is 1430. The second kappa shape index (κ2) is 16.7. The van der Waals surface area contributed by atoms with Gasteiger partial charge in [0.25, 0.3) is 11.4 Å². The van der Waals surface area contributed by atoms with Crippen LogP contribution in [0.2, 0.25) is 0 Å². The van der Waals surface area contributed by atoms with Gasteiger partial charge in [-0.15, -0.1) is 0 Å². The predicted octanol–water partition coefficient (Wildman–Crippen LogP) is 3.94. The number of nitro benzene ring substituents is 2. The molecule has 0 amide bonds. The van der Waals surface area contributed by atoms with Gasteiger partial charge in [0.15, 0.2) is 9.79 Å². The van der Waals surface area contributed by atoms with Crippen LogP contribution in [0.3, 0.4) is 0 Å². The Kier molecular flexibility index (Phi) is 13.0. The van der Waals surface area contributed by atoms with Crippen molar-refractivity contribution in [1.29, 1.82) is 0 Å². The number of benzene rings is 2. The molecule has 2 aliphatic heterocycles. The molecule has 0 atom stereocenters. The molecule has 16 heteroatoms. The van der Waals surface area contributed by atoms with Gasteiger partial charge in [0, 0.05) is 38.3 Å². The van der Waals surface area contributed by atoms with Gasteiger partial charge < -0.3 is 9.80 Å². The highest BCUT2D eigenvalue weighted by atomic mass is 32.2. The second-order valence-electron chi connectivity index (χ2n) is 11.8. The number of hydrogen-bond acceptors (Lipinski definition) is 10. The second-order valence-corrected chi connectivity index (χ2v) is 15.6. The average Bonchev–Trinajstić information content (AvgIpc) is 3.06. The summed E-state index contributed by atoms with van der Waals surface area (Å²) >= 11 is 0. The summed E-state index contributed by atoms with van der Waals surface area (Å²) in [5.41, 5.74) is -1.12. The van der Waals surface area contributed by atoms with Gasteiger partial charge in [0.05, 0.1) is 9.85 Å². The molecule has 2 aliphatic rings. The fourth-order valence-electron chi connectivity index (χ4n) is 6.17. The molecule has 0 N–H and O–H groups in total. The molecule has 2 heterocycles. The van der Waals surface area contributed by atoms with Crippen LogP contribution in [0.5, 0.6) is 0 Å². The Hall–Kier alpha value is -3.02. The van der Waals surface area contributed by atoms with Crippen LogP contribution < -0.4 is 0 Å². The molecule has 2 fully saturated rings. The van der Waals surface area contributed by atoms with Crippen molar-refractivity contribution >= 4 is 31.4 Å². The lowest BCUT2D eigenvalue weighted by Gasteiger charge is -2.30. The summed E-state index contributed by atoms with van der Waals surface area (Å²) in [5.74, 6) is 0. The zero-order chi connectivity index (χ0) is 33.2. The van der Waals surface area contributed by atoms with Gasteiger partial charge in [0.1, 0.15) is 0 Å². The maximum absolute atomic E-state index is 14.0. The Morgan fingerprint density at radius 3 is 1.26 bits per heavy atom. The van der Waals surface area contributed by atoms with Crippen molar-refractivity contribution in [2.45, 2.75) is 61.2 Å². The lowest BCUT2D eigenvalue weighted by atomic mass is 10.1. The van der Waals surface area contributed by atoms with Gasteiger partial charge in [-0.3, -0.25) is 20.2 Å². The summed E-state index contributed by atoms with van der Waals surface area (Å²) < 4.78 is 58.2. The minimum atomic E-state index is -4.41. The average molecular weight is 681 g/mol. The van der Waals surface area contributed by atoms with E-state index in [1.54, 1.807) is 0 Å². The third kappa shape index (κ3) is 9.29. The maximum atomic E-state index is 14.0. The first-order chi connectivity index (χ1) is 22.0. The van der Waals surface area contributed by atoms with Crippen LogP contribution in [0.4, 0.5) is 11.4 Å². The number of para-hydroxylation sites is 2. The first kappa shape index (κ1) is 35.8. The Morgan fingerprint density at radius 2 is 0.913 bits per heavy atom. The maximum Gasteiger partial charge on any atom is 0.289 e. The molecular formula is C30H44N6O8S2. The minimum absolute atomic E-state index is 0.0258. The van der Waals surface area contributed by atoms with Gasteiger partial charge in [-0.05, 0) is 89.9 Å². The number of sulfonamides is 2. The molecule has 0 aliphatic carbocycles. The molecule has 2 saturated heterocycles. The predicted molar refractivity (Wildman–Crippen MR) is 174 cm³/mol. The molecule has 2 aromatic carbocycles. The third-order valence-corrected chi connectivity index (χ3v) is 12.5. The van der Waals surface area contributed by atoms with E-state index < -0.39 is 51.1 Å². The van der Waals surface area contributed by atoms with Crippen molar-refractivity contribution in [2.24, 2.45) is 0 Å². The van der Waals surface area contributed by atoms with Crippen molar-refractivity contribution < 1.29 is 26.7 Å². The number of nitro groups is 2. The van der Waals surface area contributed by atoms with Crippen molar-refractivity contribution in [1.82, 2.24) is 18.4 Å². The van der Waals surface area contributed by atoms with E-state index in [9.17, 15) is 37.1 Å². The zero-order valence-corrected chi connectivity index (χ0v) is 27.7. The summed E-state index contributed by atoms with van der Waals surface area (Å²) in [6.07, 6.45) is 7.45. The van der Waals surface area contributed by atoms with Gasteiger partial charge in [-0.1, -0.05) is 37.1 Å². The standard InChI is InChI=1S/C30H44N6O8S2/c37-35(38)27-13-3-5-15-29(27)45(41,42)33(23-11-21-31-17-7-1-8-18-31)25-26-34(24-12-22-32-19-9-2-10-20-32)46(43,44)30-16-6-4-14-28(30)36(39)40/h3-6,13-16H,1-2,7-12,17-26H2. The lowest BCUT2D eigenvalue weighted by Crippen LogP contribution is -2.43. The molecule has 0 spiro atoms. The number of rotatable bonds is 17. The summed E-state index contributed by atoms with van der Waals surface area (Å²) in [4.78, 5) is 25.6. The van der Waals surface area contributed by atoms with Crippen LogP contribution in [0.25, 0.3) is 0 Å². The SMILES string of the molecule is O=[N+]([O-])c1ccccc1S(=O)(=O)N(CCCN1CCCCC1)CCN(CCCN1CCCCC1)S(=O)(=O)c1ccccc1[N+](=O)[O-]. The molecule has 0 aromatic heterocycles. The fraction of sp³-hybridized carbons (Fsp3) is 0.600. The van der Waals surface area contributed by atoms with Crippen LogP contribution in [0.15, 0.2) is 58.3 Å². The van der Waals surface area contributed by atoms with Gasteiger partial charge in [-0.2, -0.15) is 8.61 Å². The van der Waals surface area contributed by atoms with Gasteiger partial charge >= 0.3 is 0 Å². The van der Waals surface area contributed by atoms with Crippen LogP contribution in [-0.4, -0.2) is 111 Å². The molecule has 14 nitrogen and oxygen atoms in total. The molecule has 46 heavy (non-hydrogen) atoms. The lowest BCUT2D eigenvalue weighted by molar-refractivity contribution is -0.388. The number of piperidine rings is 2. The highest BCUT2D eigenvalue weighted by Crippen LogP contribution is 2.29. The van der Waals surface area contributed by atoms with Crippen LogP contribution >= 0.6 is 0 Å². The Morgan fingerprint density at radius 1 is 0.565 bits per heavy atom. The monoisotopic (exact) mass is 680 g/mol. The first-order valence-corrected chi connectivity index (χ1v) is 18.8. The largest absolute Gasteiger partial charge is 0.303 e. The molecule has 0 saturated carbocycles. The highest BCUT2D eigenvalue weighted by molar-refractivity contribution is 7.89. The van der Waals surface area contributed by atoms with Crippen LogP contribution in [0.1, 0.15) is 51.4 Å². The van der Waals surface area contributed by atoms with E-state index in [1.807, 2.05) is 0 Å².